The molecule has 2 amide bonds. The fourth-order valence-corrected chi connectivity index (χ4v) is 7.08. The maximum absolute atomic E-state index is 13.1. The number of anilines is 1. The normalized spacial score (nSPS) is 15.7. The fourth-order valence-electron chi connectivity index (χ4n) is 4.53. The topological polar surface area (TPSA) is 113 Å². The number of carbonyl (C=O) groups is 2. The first-order valence-electron chi connectivity index (χ1n) is 12.4. The molecular formula is C26H28FN5O4S2. The monoisotopic (exact) mass is 557 g/mol. The van der Waals surface area contributed by atoms with Gasteiger partial charge in [0, 0.05) is 42.3 Å². The molecule has 200 valence electrons. The van der Waals surface area contributed by atoms with E-state index >= 15 is 0 Å². The lowest BCUT2D eigenvalue weighted by molar-refractivity contribution is -0.122. The van der Waals surface area contributed by atoms with Crippen LogP contribution in [0.2, 0.25) is 0 Å². The Hall–Kier alpha value is -3.22. The first kappa shape index (κ1) is 26.4. The van der Waals surface area contributed by atoms with E-state index < -0.39 is 15.9 Å². The smallest absolute Gasteiger partial charge is 0.256 e. The highest BCUT2D eigenvalue weighted by Gasteiger charge is 2.27. The van der Waals surface area contributed by atoms with Gasteiger partial charge in [-0.2, -0.15) is 21.2 Å². The number of hydrogen-bond acceptors (Lipinski definition) is 6. The lowest BCUT2D eigenvalue weighted by Gasteiger charge is -2.25. The molecule has 0 atom stereocenters. The van der Waals surface area contributed by atoms with Crippen molar-refractivity contribution in [2.45, 2.75) is 48.8 Å². The van der Waals surface area contributed by atoms with E-state index in [9.17, 15) is 22.4 Å². The van der Waals surface area contributed by atoms with Gasteiger partial charge in [-0.15, -0.1) is 0 Å². The van der Waals surface area contributed by atoms with Crippen molar-refractivity contribution in [3.8, 4) is 0 Å². The van der Waals surface area contributed by atoms with Gasteiger partial charge in [0.2, 0.25) is 15.9 Å². The van der Waals surface area contributed by atoms with Crippen molar-refractivity contribution in [1.29, 1.82) is 0 Å². The molecule has 3 aromatic rings. The number of rotatable bonds is 8. The zero-order valence-corrected chi connectivity index (χ0v) is 22.3. The molecule has 0 unspecified atom stereocenters. The van der Waals surface area contributed by atoms with Gasteiger partial charge in [-0.3, -0.25) is 9.59 Å². The number of piperidine rings is 1. The van der Waals surface area contributed by atoms with Gasteiger partial charge in [0.25, 0.3) is 5.91 Å². The zero-order valence-electron chi connectivity index (χ0n) is 20.7. The van der Waals surface area contributed by atoms with Gasteiger partial charge in [0.1, 0.15) is 18.2 Å². The summed E-state index contributed by atoms with van der Waals surface area (Å²) in [4.78, 5) is 25.9. The van der Waals surface area contributed by atoms with Gasteiger partial charge < -0.3 is 10.6 Å². The number of hydrogen-bond donors (Lipinski definition) is 2. The molecule has 2 aliphatic rings. The van der Waals surface area contributed by atoms with Crippen LogP contribution in [0.25, 0.3) is 0 Å². The van der Waals surface area contributed by atoms with Crippen LogP contribution in [0.3, 0.4) is 0 Å². The van der Waals surface area contributed by atoms with Crippen LogP contribution in [-0.4, -0.2) is 47.4 Å². The number of aromatic nitrogens is 2. The Morgan fingerprint density at radius 2 is 1.68 bits per heavy atom. The van der Waals surface area contributed by atoms with Crippen molar-refractivity contribution < 1.29 is 22.4 Å². The van der Waals surface area contributed by atoms with Crippen molar-refractivity contribution in [3.05, 3.63) is 76.7 Å². The van der Waals surface area contributed by atoms with Gasteiger partial charge >= 0.3 is 0 Å². The number of nitrogens with zero attached hydrogens (tertiary/aromatic N) is 3. The number of sulfonamides is 1. The van der Waals surface area contributed by atoms with E-state index in [-0.39, 0.29) is 29.7 Å². The summed E-state index contributed by atoms with van der Waals surface area (Å²) in [5.74, 6) is 0.741. The van der Waals surface area contributed by atoms with E-state index in [2.05, 4.69) is 15.7 Å². The number of amides is 2. The van der Waals surface area contributed by atoms with Crippen molar-refractivity contribution >= 4 is 39.4 Å². The lowest BCUT2D eigenvalue weighted by Crippen LogP contribution is -2.35. The lowest BCUT2D eigenvalue weighted by atomic mass is 10.2. The number of benzene rings is 2. The standard InChI is InChI=1S/C26H28FN5O4S2/c27-20-8-4-18(5-9-20)14-28-24(33)15-32-25(22-16-37-17-23(22)30-32)29-26(34)19-6-10-21(11-7-19)38(35,36)31-12-2-1-3-13-31/h4-11H,1-3,12-17H2,(H,28,33)(H,29,34). The Balaban J connectivity index is 1.27. The zero-order chi connectivity index (χ0) is 26.7. The average molecular weight is 558 g/mol. The third kappa shape index (κ3) is 5.77. The summed E-state index contributed by atoms with van der Waals surface area (Å²) < 4.78 is 41.9. The minimum atomic E-state index is -3.59. The van der Waals surface area contributed by atoms with Gasteiger partial charge in [0.15, 0.2) is 0 Å². The third-order valence-electron chi connectivity index (χ3n) is 6.62. The summed E-state index contributed by atoms with van der Waals surface area (Å²) in [7, 11) is -3.59. The summed E-state index contributed by atoms with van der Waals surface area (Å²) in [6, 6.07) is 11.8. The summed E-state index contributed by atoms with van der Waals surface area (Å²) in [6.45, 7) is 1.16. The van der Waals surface area contributed by atoms with Crippen molar-refractivity contribution in [2.75, 3.05) is 18.4 Å². The molecule has 2 aliphatic heterocycles. The second kappa shape index (κ2) is 11.3. The molecule has 38 heavy (non-hydrogen) atoms. The minimum absolute atomic E-state index is 0.0957. The molecule has 0 spiro atoms. The molecule has 2 N–H and O–H groups in total. The van der Waals surface area contributed by atoms with E-state index in [1.807, 2.05) is 0 Å². The SMILES string of the molecule is O=C(Cn1nc2c(c1NC(=O)c1ccc(S(=O)(=O)N3CCCCC3)cc1)CSC2)NCc1ccc(F)cc1. The Kier molecular flexibility index (Phi) is 7.82. The number of fused-ring (bicyclic) bond motifs is 1. The highest BCUT2D eigenvalue weighted by molar-refractivity contribution is 7.98. The minimum Gasteiger partial charge on any atom is -0.350 e. The van der Waals surface area contributed by atoms with Crippen molar-refractivity contribution in [1.82, 2.24) is 19.4 Å². The van der Waals surface area contributed by atoms with Gasteiger partial charge in [-0.05, 0) is 54.8 Å². The summed E-state index contributed by atoms with van der Waals surface area (Å²) in [6.07, 6.45) is 2.72. The van der Waals surface area contributed by atoms with Crippen LogP contribution >= 0.6 is 11.8 Å². The Bertz CT molecular complexity index is 1430. The third-order valence-corrected chi connectivity index (χ3v) is 9.50. The van der Waals surface area contributed by atoms with Gasteiger partial charge in [-0.25, -0.2) is 17.5 Å². The van der Waals surface area contributed by atoms with Crippen LogP contribution in [0.15, 0.2) is 53.4 Å². The Morgan fingerprint density at radius 1 is 0.974 bits per heavy atom. The summed E-state index contributed by atoms with van der Waals surface area (Å²) in [5.41, 5.74) is 2.76. The first-order valence-corrected chi connectivity index (χ1v) is 15.0. The van der Waals surface area contributed by atoms with E-state index in [1.54, 1.807) is 23.9 Å². The number of nitrogens with one attached hydrogen (secondary N) is 2. The molecule has 2 aromatic carbocycles. The summed E-state index contributed by atoms with van der Waals surface area (Å²) in [5, 5.41) is 10.2. The van der Waals surface area contributed by atoms with Crippen LogP contribution in [0, 0.1) is 5.82 Å². The van der Waals surface area contributed by atoms with E-state index in [1.165, 1.54) is 45.4 Å². The molecule has 0 aliphatic carbocycles. The number of halogens is 1. The quantitative estimate of drug-likeness (QED) is 0.438. The van der Waals surface area contributed by atoms with E-state index in [4.69, 9.17) is 0 Å². The van der Waals surface area contributed by atoms with Crippen LogP contribution < -0.4 is 10.6 Å². The maximum Gasteiger partial charge on any atom is 0.256 e. The molecule has 9 nitrogen and oxygen atoms in total. The molecule has 3 heterocycles. The molecule has 0 bridgehead atoms. The second-order valence-corrected chi connectivity index (χ2v) is 12.2. The highest BCUT2D eigenvalue weighted by atomic mass is 32.2. The molecule has 0 radical (unpaired) electrons. The molecule has 1 fully saturated rings. The fraction of sp³-hybridized carbons (Fsp3) is 0.346. The average Bonchev–Trinajstić information content (AvgIpc) is 3.51. The first-order chi connectivity index (χ1) is 18.3. The number of carbonyl (C=O) groups excluding carboxylic acids is 2. The predicted molar refractivity (Wildman–Crippen MR) is 142 cm³/mol. The Labute approximate surface area is 224 Å². The summed E-state index contributed by atoms with van der Waals surface area (Å²) >= 11 is 1.67. The molecule has 5 rings (SSSR count). The molecule has 1 saturated heterocycles. The number of thioether (sulfide) groups is 1. The predicted octanol–water partition coefficient (Wildman–Crippen LogP) is 3.51. The molecule has 12 heteroatoms. The van der Waals surface area contributed by atoms with Gasteiger partial charge in [0.05, 0.1) is 10.6 Å². The van der Waals surface area contributed by atoms with E-state index in [0.29, 0.717) is 36.0 Å². The van der Waals surface area contributed by atoms with E-state index in [0.717, 1.165) is 36.1 Å². The Morgan fingerprint density at radius 3 is 2.39 bits per heavy atom. The molecule has 0 saturated carbocycles. The van der Waals surface area contributed by atoms with Crippen LogP contribution in [0.1, 0.15) is 46.4 Å². The largest absolute Gasteiger partial charge is 0.350 e. The van der Waals surface area contributed by atoms with Gasteiger partial charge in [-0.1, -0.05) is 18.6 Å². The van der Waals surface area contributed by atoms with Crippen molar-refractivity contribution in [2.24, 2.45) is 0 Å². The second-order valence-electron chi connectivity index (χ2n) is 9.27. The van der Waals surface area contributed by atoms with Crippen LogP contribution in [-0.2, 0) is 39.4 Å². The highest BCUT2D eigenvalue weighted by Crippen LogP contribution is 2.35. The van der Waals surface area contributed by atoms with Crippen LogP contribution in [0.4, 0.5) is 10.2 Å². The van der Waals surface area contributed by atoms with Crippen LogP contribution in [0.5, 0.6) is 0 Å². The maximum atomic E-state index is 13.1. The van der Waals surface area contributed by atoms with Crippen molar-refractivity contribution in [3.63, 3.8) is 0 Å². The molecular weight excluding hydrogens is 529 g/mol. The molecule has 1 aromatic heterocycles.